The molecule has 0 saturated carbocycles. The molecule has 0 aromatic heterocycles. The maximum absolute atomic E-state index is 12.2. The van der Waals surface area contributed by atoms with Gasteiger partial charge in [-0.25, -0.2) is 0 Å². The number of phenols is 1. The summed E-state index contributed by atoms with van der Waals surface area (Å²) in [4.78, 5) is 12.2. The van der Waals surface area contributed by atoms with Crippen molar-refractivity contribution in [2.45, 2.75) is 20.1 Å². The number of aromatic hydroxyl groups is 1. The highest BCUT2D eigenvalue weighted by atomic mass is 16.5. The van der Waals surface area contributed by atoms with Crippen molar-refractivity contribution in [1.29, 1.82) is 0 Å². The quantitative estimate of drug-likeness (QED) is 0.824. The number of nitrogens with one attached hydrogen (secondary N) is 1. The number of hydrogen-bond acceptors (Lipinski definition) is 3. The molecule has 20 heavy (non-hydrogen) atoms. The minimum Gasteiger partial charge on any atom is -0.508 e. The van der Waals surface area contributed by atoms with Crippen molar-refractivity contribution in [1.82, 2.24) is 0 Å². The van der Waals surface area contributed by atoms with Gasteiger partial charge in [0, 0.05) is 11.3 Å². The fourth-order valence-electron chi connectivity index (χ4n) is 2.25. The molecule has 2 aromatic rings. The second kappa shape index (κ2) is 4.98. The van der Waals surface area contributed by atoms with Crippen LogP contribution in [0.25, 0.3) is 0 Å². The van der Waals surface area contributed by atoms with Crippen LogP contribution in [0.15, 0.2) is 36.4 Å². The highest BCUT2D eigenvalue weighted by Crippen LogP contribution is 2.23. The Morgan fingerprint density at radius 3 is 2.75 bits per heavy atom. The van der Waals surface area contributed by atoms with Gasteiger partial charge in [0.05, 0.1) is 13.2 Å². The minimum absolute atomic E-state index is 0.162. The third kappa shape index (κ3) is 2.38. The first kappa shape index (κ1) is 12.7. The van der Waals surface area contributed by atoms with Gasteiger partial charge in [-0.2, -0.15) is 0 Å². The van der Waals surface area contributed by atoms with Gasteiger partial charge in [0.15, 0.2) is 0 Å². The van der Waals surface area contributed by atoms with Crippen LogP contribution in [-0.4, -0.2) is 11.0 Å². The van der Waals surface area contributed by atoms with Crippen LogP contribution in [0.4, 0.5) is 5.69 Å². The molecule has 4 nitrogen and oxygen atoms in total. The van der Waals surface area contributed by atoms with Crippen LogP contribution in [0.3, 0.4) is 0 Å². The zero-order valence-electron chi connectivity index (χ0n) is 11.1. The Kier molecular flexibility index (Phi) is 3.16. The number of amides is 1. The predicted octanol–water partition coefficient (Wildman–Crippen LogP) is 2.98. The van der Waals surface area contributed by atoms with Crippen molar-refractivity contribution in [3.05, 3.63) is 58.7 Å². The summed E-state index contributed by atoms with van der Waals surface area (Å²) in [6.07, 6.45) is 0. The molecule has 102 valence electrons. The molecule has 0 radical (unpaired) electrons. The van der Waals surface area contributed by atoms with Crippen LogP contribution in [0.2, 0.25) is 0 Å². The van der Waals surface area contributed by atoms with Gasteiger partial charge in [-0.3, -0.25) is 4.79 Å². The Morgan fingerprint density at radius 1 is 1.15 bits per heavy atom. The lowest BCUT2D eigenvalue weighted by Gasteiger charge is -2.08. The van der Waals surface area contributed by atoms with Crippen LogP contribution >= 0.6 is 0 Å². The molecule has 0 atom stereocenters. The maximum Gasteiger partial charge on any atom is 0.255 e. The Morgan fingerprint density at radius 2 is 1.95 bits per heavy atom. The summed E-state index contributed by atoms with van der Waals surface area (Å²) in [5.41, 5.74) is 4.22. The second-order valence-corrected chi connectivity index (χ2v) is 4.93. The summed E-state index contributed by atoms with van der Waals surface area (Å²) in [6.45, 7) is 2.97. The number of hydrogen-bond donors (Lipinski definition) is 2. The molecule has 1 amide bonds. The molecule has 0 aliphatic carbocycles. The monoisotopic (exact) mass is 269 g/mol. The fraction of sp³-hybridized carbons (Fsp3) is 0.188. The number of phenolic OH excluding ortho intramolecular Hbond substituents is 1. The lowest BCUT2D eigenvalue weighted by atomic mass is 10.1. The van der Waals surface area contributed by atoms with E-state index in [-0.39, 0.29) is 11.7 Å². The van der Waals surface area contributed by atoms with Crippen LogP contribution in [0, 0.1) is 6.92 Å². The SMILES string of the molecule is Cc1cc(NC(=O)c2ccc3c(c2)COC3)ccc1O. The minimum atomic E-state index is -0.162. The molecule has 1 aliphatic rings. The van der Waals surface area contributed by atoms with Crippen molar-refractivity contribution < 1.29 is 14.6 Å². The Labute approximate surface area is 117 Å². The zero-order valence-corrected chi connectivity index (χ0v) is 11.1. The first-order chi connectivity index (χ1) is 9.63. The number of benzene rings is 2. The molecule has 2 aromatic carbocycles. The van der Waals surface area contributed by atoms with Gasteiger partial charge in [-0.05, 0) is 53.9 Å². The average molecular weight is 269 g/mol. The zero-order chi connectivity index (χ0) is 14.1. The van der Waals surface area contributed by atoms with E-state index in [9.17, 15) is 9.90 Å². The molecule has 0 saturated heterocycles. The predicted molar refractivity (Wildman–Crippen MR) is 75.7 cm³/mol. The van der Waals surface area contributed by atoms with E-state index < -0.39 is 0 Å². The first-order valence-corrected chi connectivity index (χ1v) is 6.44. The van der Waals surface area contributed by atoms with Gasteiger partial charge < -0.3 is 15.2 Å². The highest BCUT2D eigenvalue weighted by molar-refractivity contribution is 6.04. The van der Waals surface area contributed by atoms with Crippen LogP contribution in [0.1, 0.15) is 27.0 Å². The lowest BCUT2D eigenvalue weighted by Crippen LogP contribution is -2.12. The van der Waals surface area contributed by atoms with Gasteiger partial charge >= 0.3 is 0 Å². The smallest absolute Gasteiger partial charge is 0.255 e. The first-order valence-electron chi connectivity index (χ1n) is 6.44. The number of carbonyl (C=O) groups is 1. The van der Waals surface area contributed by atoms with E-state index in [1.54, 1.807) is 31.2 Å². The van der Waals surface area contributed by atoms with E-state index in [4.69, 9.17) is 4.74 Å². The standard InChI is InChI=1S/C16H15NO3/c1-10-6-14(4-5-15(10)18)17-16(19)11-2-3-12-8-20-9-13(12)7-11/h2-7,18H,8-9H2,1H3,(H,17,19). The summed E-state index contributed by atoms with van der Waals surface area (Å²) in [6, 6.07) is 10.6. The number of fused-ring (bicyclic) bond motifs is 1. The Hall–Kier alpha value is -2.33. The number of carbonyl (C=O) groups excluding carboxylic acids is 1. The molecule has 3 rings (SSSR count). The summed E-state index contributed by atoms with van der Waals surface area (Å²) in [7, 11) is 0. The Balaban J connectivity index is 1.80. The van der Waals surface area contributed by atoms with E-state index in [0.29, 0.717) is 24.5 Å². The molecule has 0 bridgehead atoms. The molecular formula is C16H15NO3. The van der Waals surface area contributed by atoms with Gasteiger partial charge in [-0.15, -0.1) is 0 Å². The third-order valence-electron chi connectivity index (χ3n) is 3.44. The maximum atomic E-state index is 12.2. The molecule has 1 aliphatic heterocycles. The number of anilines is 1. The molecule has 4 heteroatoms. The average Bonchev–Trinajstić information content (AvgIpc) is 2.90. The number of aryl methyl sites for hydroxylation is 1. The van der Waals surface area contributed by atoms with Crippen LogP contribution in [-0.2, 0) is 18.0 Å². The van der Waals surface area contributed by atoms with Gasteiger partial charge in [-0.1, -0.05) is 6.07 Å². The van der Waals surface area contributed by atoms with Crippen molar-refractivity contribution in [2.24, 2.45) is 0 Å². The van der Waals surface area contributed by atoms with Crippen molar-refractivity contribution in [2.75, 3.05) is 5.32 Å². The topological polar surface area (TPSA) is 58.6 Å². The van der Waals surface area contributed by atoms with Crippen molar-refractivity contribution in [3.8, 4) is 5.75 Å². The summed E-state index contributed by atoms with van der Waals surface area (Å²) in [5.74, 6) is 0.0578. The van der Waals surface area contributed by atoms with Crippen LogP contribution < -0.4 is 5.32 Å². The summed E-state index contributed by atoms with van der Waals surface area (Å²) >= 11 is 0. The van der Waals surface area contributed by atoms with E-state index in [2.05, 4.69) is 5.32 Å². The number of rotatable bonds is 2. The highest BCUT2D eigenvalue weighted by Gasteiger charge is 2.14. The second-order valence-electron chi connectivity index (χ2n) is 4.93. The van der Waals surface area contributed by atoms with E-state index in [1.807, 2.05) is 12.1 Å². The van der Waals surface area contributed by atoms with Gasteiger partial charge in [0.2, 0.25) is 0 Å². The summed E-state index contributed by atoms with van der Waals surface area (Å²) < 4.78 is 5.34. The van der Waals surface area contributed by atoms with Crippen LogP contribution in [0.5, 0.6) is 5.75 Å². The normalized spacial score (nSPS) is 13.1. The lowest BCUT2D eigenvalue weighted by molar-refractivity contribution is 0.102. The number of ether oxygens (including phenoxy) is 1. The van der Waals surface area contributed by atoms with E-state index in [1.165, 1.54) is 0 Å². The Bertz CT molecular complexity index is 679. The molecule has 2 N–H and O–H groups in total. The largest absolute Gasteiger partial charge is 0.508 e. The molecular weight excluding hydrogens is 254 g/mol. The van der Waals surface area contributed by atoms with E-state index in [0.717, 1.165) is 16.7 Å². The van der Waals surface area contributed by atoms with Crippen molar-refractivity contribution >= 4 is 11.6 Å². The van der Waals surface area contributed by atoms with Crippen molar-refractivity contribution in [3.63, 3.8) is 0 Å². The molecule has 0 fully saturated rings. The van der Waals surface area contributed by atoms with Gasteiger partial charge in [0.1, 0.15) is 5.75 Å². The fourth-order valence-corrected chi connectivity index (χ4v) is 2.25. The molecule has 1 heterocycles. The molecule has 0 unspecified atom stereocenters. The molecule has 0 spiro atoms. The third-order valence-corrected chi connectivity index (χ3v) is 3.44. The van der Waals surface area contributed by atoms with Gasteiger partial charge in [0.25, 0.3) is 5.91 Å². The van der Waals surface area contributed by atoms with E-state index >= 15 is 0 Å². The summed E-state index contributed by atoms with van der Waals surface area (Å²) in [5, 5.41) is 12.3.